The Labute approximate surface area is 130 Å². The van der Waals surface area contributed by atoms with Crippen LogP contribution in [0, 0.1) is 13.8 Å². The van der Waals surface area contributed by atoms with E-state index in [4.69, 9.17) is 9.47 Å². The van der Waals surface area contributed by atoms with Gasteiger partial charge in [0.15, 0.2) is 0 Å². The fourth-order valence-corrected chi connectivity index (χ4v) is 3.41. The number of ether oxygens (including phenoxy) is 2. The quantitative estimate of drug-likeness (QED) is 0.919. The van der Waals surface area contributed by atoms with Gasteiger partial charge in [-0.05, 0) is 37.6 Å². The second-order valence-corrected chi connectivity index (χ2v) is 6.59. The molecular weight excluding hydrogens is 302 g/mol. The predicted molar refractivity (Wildman–Crippen MR) is 86.3 cm³/mol. The zero-order valence-corrected chi connectivity index (χ0v) is 13.8. The zero-order chi connectivity index (χ0) is 16.3. The second kappa shape index (κ2) is 6.27. The largest absolute Gasteiger partial charge is 0.497 e. The number of hydrogen-bond acceptors (Lipinski definition) is 4. The first-order chi connectivity index (χ1) is 10.4. The average Bonchev–Trinajstić information content (AvgIpc) is 2.49. The van der Waals surface area contributed by atoms with Crippen LogP contribution in [0.3, 0.4) is 0 Å². The monoisotopic (exact) mass is 321 g/mol. The number of aryl methyl sites for hydroxylation is 2. The van der Waals surface area contributed by atoms with Crippen LogP contribution in [0.15, 0.2) is 41.3 Å². The Morgan fingerprint density at radius 3 is 2.27 bits per heavy atom. The van der Waals surface area contributed by atoms with Gasteiger partial charge in [-0.1, -0.05) is 17.7 Å². The molecule has 1 N–H and O–H groups in total. The Kier molecular flexibility index (Phi) is 4.61. The van der Waals surface area contributed by atoms with Crippen molar-refractivity contribution in [3.8, 4) is 11.5 Å². The van der Waals surface area contributed by atoms with E-state index in [1.165, 1.54) is 26.4 Å². The Balaban J connectivity index is 2.42. The van der Waals surface area contributed by atoms with Crippen molar-refractivity contribution in [3.63, 3.8) is 0 Å². The molecule has 0 atom stereocenters. The van der Waals surface area contributed by atoms with Crippen molar-refractivity contribution >= 4 is 15.7 Å². The van der Waals surface area contributed by atoms with Gasteiger partial charge in [0.1, 0.15) is 16.4 Å². The van der Waals surface area contributed by atoms with E-state index < -0.39 is 10.0 Å². The number of anilines is 1. The lowest BCUT2D eigenvalue weighted by atomic mass is 10.1. The van der Waals surface area contributed by atoms with Crippen LogP contribution in [0.2, 0.25) is 0 Å². The van der Waals surface area contributed by atoms with E-state index in [1.54, 1.807) is 12.1 Å². The molecule has 0 aliphatic heterocycles. The average molecular weight is 321 g/mol. The third-order valence-corrected chi connectivity index (χ3v) is 4.69. The minimum atomic E-state index is -3.75. The number of sulfonamides is 1. The standard InChI is InChI=1S/C16H19NO4S/c1-11-5-7-14(12(2)9-11)17-22(18,19)16-8-6-13(20-3)10-15(16)21-4/h5-10,17H,1-4H3. The number of rotatable bonds is 5. The molecule has 0 aliphatic carbocycles. The van der Waals surface area contributed by atoms with Gasteiger partial charge in [-0.15, -0.1) is 0 Å². The van der Waals surface area contributed by atoms with E-state index in [1.807, 2.05) is 26.0 Å². The van der Waals surface area contributed by atoms with E-state index in [2.05, 4.69) is 4.72 Å². The van der Waals surface area contributed by atoms with Gasteiger partial charge in [0.05, 0.1) is 19.9 Å². The molecule has 22 heavy (non-hydrogen) atoms. The van der Waals surface area contributed by atoms with E-state index in [9.17, 15) is 8.42 Å². The molecule has 0 saturated heterocycles. The van der Waals surface area contributed by atoms with Gasteiger partial charge < -0.3 is 9.47 Å². The lowest BCUT2D eigenvalue weighted by Crippen LogP contribution is -2.15. The van der Waals surface area contributed by atoms with E-state index in [0.717, 1.165) is 11.1 Å². The number of benzene rings is 2. The summed E-state index contributed by atoms with van der Waals surface area (Å²) < 4.78 is 38.0. The van der Waals surface area contributed by atoms with Gasteiger partial charge >= 0.3 is 0 Å². The highest BCUT2D eigenvalue weighted by atomic mass is 32.2. The maximum absolute atomic E-state index is 12.6. The topological polar surface area (TPSA) is 64.6 Å². The summed E-state index contributed by atoms with van der Waals surface area (Å²) in [4.78, 5) is 0.0655. The molecule has 5 nitrogen and oxygen atoms in total. The van der Waals surface area contributed by atoms with Crippen LogP contribution in [-0.4, -0.2) is 22.6 Å². The lowest BCUT2D eigenvalue weighted by molar-refractivity contribution is 0.386. The van der Waals surface area contributed by atoms with Gasteiger partial charge in [0.25, 0.3) is 10.0 Å². The molecule has 118 valence electrons. The van der Waals surface area contributed by atoms with Crippen molar-refractivity contribution in [2.75, 3.05) is 18.9 Å². The van der Waals surface area contributed by atoms with Crippen molar-refractivity contribution in [2.45, 2.75) is 18.7 Å². The normalized spacial score (nSPS) is 11.1. The van der Waals surface area contributed by atoms with Crippen molar-refractivity contribution in [1.29, 1.82) is 0 Å². The molecule has 0 saturated carbocycles. The summed E-state index contributed by atoms with van der Waals surface area (Å²) in [7, 11) is -0.815. The molecular formula is C16H19NO4S. The molecule has 0 radical (unpaired) electrons. The molecule has 0 spiro atoms. The summed E-state index contributed by atoms with van der Waals surface area (Å²) in [5.74, 6) is 0.763. The van der Waals surface area contributed by atoms with Crippen LogP contribution in [0.4, 0.5) is 5.69 Å². The first kappa shape index (κ1) is 16.2. The molecule has 2 aromatic rings. The predicted octanol–water partition coefficient (Wildman–Crippen LogP) is 3.12. The third-order valence-electron chi connectivity index (χ3n) is 3.29. The van der Waals surface area contributed by atoms with E-state index in [0.29, 0.717) is 11.4 Å². The molecule has 0 bridgehead atoms. The molecule has 0 unspecified atom stereocenters. The van der Waals surface area contributed by atoms with Gasteiger partial charge in [-0.3, -0.25) is 4.72 Å². The summed E-state index contributed by atoms with van der Waals surface area (Å²) in [5, 5.41) is 0. The van der Waals surface area contributed by atoms with Crippen molar-refractivity contribution in [1.82, 2.24) is 0 Å². The van der Waals surface area contributed by atoms with Gasteiger partial charge in [0, 0.05) is 6.07 Å². The third kappa shape index (κ3) is 3.33. The van der Waals surface area contributed by atoms with Gasteiger partial charge in [-0.25, -0.2) is 8.42 Å². The van der Waals surface area contributed by atoms with Crippen LogP contribution in [0.5, 0.6) is 11.5 Å². The molecule has 0 fully saturated rings. The highest BCUT2D eigenvalue weighted by Crippen LogP contribution is 2.30. The highest BCUT2D eigenvalue weighted by molar-refractivity contribution is 7.92. The van der Waals surface area contributed by atoms with Crippen molar-refractivity contribution in [2.24, 2.45) is 0 Å². The summed E-state index contributed by atoms with van der Waals surface area (Å²) in [6.07, 6.45) is 0. The maximum Gasteiger partial charge on any atom is 0.265 e. The molecule has 2 rings (SSSR count). The molecule has 0 amide bonds. The van der Waals surface area contributed by atoms with Crippen molar-refractivity contribution < 1.29 is 17.9 Å². The Morgan fingerprint density at radius 1 is 0.955 bits per heavy atom. The maximum atomic E-state index is 12.6. The minimum absolute atomic E-state index is 0.0655. The summed E-state index contributed by atoms with van der Waals surface area (Å²) >= 11 is 0. The van der Waals surface area contributed by atoms with Crippen LogP contribution >= 0.6 is 0 Å². The Hall–Kier alpha value is -2.21. The smallest absolute Gasteiger partial charge is 0.265 e. The zero-order valence-electron chi connectivity index (χ0n) is 13.0. The van der Waals surface area contributed by atoms with Crippen LogP contribution in [0.25, 0.3) is 0 Å². The van der Waals surface area contributed by atoms with E-state index >= 15 is 0 Å². The fourth-order valence-electron chi connectivity index (χ4n) is 2.12. The second-order valence-electron chi connectivity index (χ2n) is 4.94. The lowest BCUT2D eigenvalue weighted by Gasteiger charge is -2.14. The Bertz CT molecular complexity index is 785. The van der Waals surface area contributed by atoms with Crippen LogP contribution in [0.1, 0.15) is 11.1 Å². The highest BCUT2D eigenvalue weighted by Gasteiger charge is 2.21. The minimum Gasteiger partial charge on any atom is -0.497 e. The summed E-state index contributed by atoms with van der Waals surface area (Å²) in [6, 6.07) is 10.1. The van der Waals surface area contributed by atoms with Crippen LogP contribution in [-0.2, 0) is 10.0 Å². The van der Waals surface area contributed by atoms with Gasteiger partial charge in [-0.2, -0.15) is 0 Å². The molecule has 0 heterocycles. The summed E-state index contributed by atoms with van der Waals surface area (Å²) in [6.45, 7) is 3.81. The number of nitrogens with one attached hydrogen (secondary N) is 1. The molecule has 6 heteroatoms. The SMILES string of the molecule is COc1ccc(S(=O)(=O)Nc2ccc(C)cc2C)c(OC)c1. The van der Waals surface area contributed by atoms with Crippen molar-refractivity contribution in [3.05, 3.63) is 47.5 Å². The molecule has 2 aromatic carbocycles. The van der Waals surface area contributed by atoms with Gasteiger partial charge in [0.2, 0.25) is 0 Å². The first-order valence-electron chi connectivity index (χ1n) is 6.69. The summed E-state index contributed by atoms with van der Waals surface area (Å²) in [5.41, 5.74) is 2.47. The molecule has 0 aromatic heterocycles. The molecule has 0 aliphatic rings. The first-order valence-corrected chi connectivity index (χ1v) is 8.18. The Morgan fingerprint density at radius 2 is 1.68 bits per heavy atom. The van der Waals surface area contributed by atoms with Crippen LogP contribution < -0.4 is 14.2 Å². The number of hydrogen-bond donors (Lipinski definition) is 1. The van der Waals surface area contributed by atoms with E-state index in [-0.39, 0.29) is 10.6 Å². The fraction of sp³-hybridized carbons (Fsp3) is 0.250. The number of methoxy groups -OCH3 is 2.